The van der Waals surface area contributed by atoms with E-state index < -0.39 is 0 Å². The summed E-state index contributed by atoms with van der Waals surface area (Å²) in [6.45, 7) is 13.6. The van der Waals surface area contributed by atoms with Crippen LogP contribution in [0, 0.1) is 5.92 Å². The Kier molecular flexibility index (Phi) is 4.64. The number of hydrogen-bond acceptors (Lipinski definition) is 3. The average molecular weight is 466 g/mol. The van der Waals surface area contributed by atoms with Gasteiger partial charge in [0, 0.05) is 38.2 Å². The van der Waals surface area contributed by atoms with Gasteiger partial charge in [0.2, 0.25) is 0 Å². The first kappa shape index (κ1) is 21.6. The lowest BCUT2D eigenvalue weighted by Crippen LogP contribution is -2.42. The Balaban J connectivity index is 1.70. The summed E-state index contributed by atoms with van der Waals surface area (Å²) in [6, 6.07) is 19.9. The van der Waals surface area contributed by atoms with Crippen molar-refractivity contribution in [2.24, 2.45) is 5.92 Å². The molecule has 0 bridgehead atoms. The summed E-state index contributed by atoms with van der Waals surface area (Å²) >= 11 is 1.88. The van der Waals surface area contributed by atoms with Crippen molar-refractivity contribution in [3.63, 3.8) is 0 Å². The summed E-state index contributed by atoms with van der Waals surface area (Å²) < 4.78 is 9.40. The molecule has 2 aromatic heterocycles. The molecule has 3 heterocycles. The van der Waals surface area contributed by atoms with Crippen molar-refractivity contribution < 1.29 is 4.74 Å². The van der Waals surface area contributed by atoms with Crippen LogP contribution < -0.4 is 4.74 Å². The van der Waals surface area contributed by atoms with Crippen molar-refractivity contribution in [3.8, 4) is 17.0 Å². The SMILES string of the molecule is CC(C)Cc1cccc2c1sc1c(-c3cc4ccccc4c4c3OC(C)(C)C4(C)C)nccc12. The highest BCUT2D eigenvalue weighted by Gasteiger charge is 2.50. The molecule has 1 aliphatic heterocycles. The summed E-state index contributed by atoms with van der Waals surface area (Å²) in [6.07, 6.45) is 3.05. The van der Waals surface area contributed by atoms with Crippen LogP contribution >= 0.6 is 11.3 Å². The first-order valence-corrected chi connectivity index (χ1v) is 13.1. The maximum Gasteiger partial charge on any atom is 0.134 e. The van der Waals surface area contributed by atoms with E-state index in [1.165, 1.54) is 42.1 Å². The number of benzene rings is 3. The zero-order chi connectivity index (χ0) is 23.8. The van der Waals surface area contributed by atoms with Crippen molar-refractivity contribution in [2.75, 3.05) is 0 Å². The maximum absolute atomic E-state index is 6.77. The fourth-order valence-electron chi connectivity index (χ4n) is 5.49. The number of ether oxygens (including phenoxy) is 1. The topological polar surface area (TPSA) is 22.1 Å². The first-order chi connectivity index (χ1) is 16.2. The van der Waals surface area contributed by atoms with Crippen molar-refractivity contribution in [1.82, 2.24) is 4.98 Å². The molecule has 0 saturated heterocycles. The highest BCUT2D eigenvalue weighted by molar-refractivity contribution is 7.26. The van der Waals surface area contributed by atoms with E-state index in [0.29, 0.717) is 5.92 Å². The first-order valence-electron chi connectivity index (χ1n) is 12.2. The van der Waals surface area contributed by atoms with E-state index in [9.17, 15) is 0 Å². The normalized spacial score (nSPS) is 16.4. The molecule has 0 aliphatic carbocycles. The summed E-state index contributed by atoms with van der Waals surface area (Å²) in [5.74, 6) is 1.61. The predicted octanol–water partition coefficient (Wildman–Crippen LogP) is 8.92. The Morgan fingerprint density at radius 1 is 0.882 bits per heavy atom. The number of fused-ring (bicyclic) bond motifs is 6. The van der Waals surface area contributed by atoms with Crippen LogP contribution in [0.1, 0.15) is 52.7 Å². The zero-order valence-electron chi connectivity index (χ0n) is 20.8. The second-order valence-corrected chi connectivity index (χ2v) is 12.1. The molecule has 2 nitrogen and oxygen atoms in total. The van der Waals surface area contributed by atoms with Crippen LogP contribution in [0.4, 0.5) is 0 Å². The molecule has 0 radical (unpaired) electrons. The summed E-state index contributed by atoms with van der Waals surface area (Å²) in [5.41, 5.74) is 4.43. The molecule has 0 fully saturated rings. The van der Waals surface area contributed by atoms with E-state index in [2.05, 4.69) is 96.1 Å². The second-order valence-electron chi connectivity index (χ2n) is 11.1. The lowest BCUT2D eigenvalue weighted by Gasteiger charge is -2.33. The van der Waals surface area contributed by atoms with Gasteiger partial charge < -0.3 is 4.74 Å². The van der Waals surface area contributed by atoms with Gasteiger partial charge in [0.1, 0.15) is 11.4 Å². The van der Waals surface area contributed by atoms with Gasteiger partial charge in [-0.25, -0.2) is 0 Å². The number of hydrogen-bond donors (Lipinski definition) is 0. The molecule has 34 heavy (non-hydrogen) atoms. The molecule has 0 atom stereocenters. The van der Waals surface area contributed by atoms with Gasteiger partial charge in [-0.2, -0.15) is 0 Å². The fraction of sp³-hybridized carbons (Fsp3) is 0.323. The molecule has 3 heteroatoms. The largest absolute Gasteiger partial charge is 0.486 e. The molecule has 1 aliphatic rings. The molecule has 0 spiro atoms. The van der Waals surface area contributed by atoms with E-state index in [1.807, 2.05) is 17.5 Å². The monoisotopic (exact) mass is 465 g/mol. The van der Waals surface area contributed by atoms with Gasteiger partial charge >= 0.3 is 0 Å². The van der Waals surface area contributed by atoms with E-state index in [-0.39, 0.29) is 11.0 Å². The van der Waals surface area contributed by atoms with Crippen LogP contribution in [0.15, 0.2) is 60.8 Å². The minimum Gasteiger partial charge on any atom is -0.486 e. The highest BCUT2D eigenvalue weighted by Crippen LogP contribution is 2.56. The molecule has 0 amide bonds. The quantitative estimate of drug-likeness (QED) is 0.265. The average Bonchev–Trinajstić information content (AvgIpc) is 3.26. The van der Waals surface area contributed by atoms with Crippen molar-refractivity contribution in [1.29, 1.82) is 0 Å². The number of nitrogens with zero attached hydrogens (tertiary/aromatic N) is 1. The number of aromatic nitrogens is 1. The van der Waals surface area contributed by atoms with Crippen LogP contribution in [-0.4, -0.2) is 10.6 Å². The maximum atomic E-state index is 6.77. The molecule has 0 saturated carbocycles. The number of thiophene rings is 1. The third-order valence-corrected chi connectivity index (χ3v) is 9.17. The molecule has 0 unspecified atom stereocenters. The van der Waals surface area contributed by atoms with Gasteiger partial charge in [0.05, 0.1) is 10.4 Å². The van der Waals surface area contributed by atoms with E-state index in [0.717, 1.165) is 23.4 Å². The predicted molar refractivity (Wildman–Crippen MR) is 146 cm³/mol. The molecular weight excluding hydrogens is 434 g/mol. The molecule has 6 rings (SSSR count). The third-order valence-electron chi connectivity index (χ3n) is 7.87. The number of rotatable bonds is 3. The minimum absolute atomic E-state index is 0.129. The molecule has 0 N–H and O–H groups in total. The van der Waals surface area contributed by atoms with Gasteiger partial charge in [-0.05, 0) is 54.7 Å². The molecular formula is C31H31NOS. The minimum atomic E-state index is -0.313. The van der Waals surface area contributed by atoms with E-state index in [1.54, 1.807) is 0 Å². The van der Waals surface area contributed by atoms with Crippen LogP contribution in [0.25, 0.3) is 42.2 Å². The zero-order valence-corrected chi connectivity index (χ0v) is 21.6. The Hall–Kier alpha value is -2.91. The lowest BCUT2D eigenvalue weighted by atomic mass is 9.72. The van der Waals surface area contributed by atoms with Gasteiger partial charge in [-0.3, -0.25) is 4.98 Å². The van der Waals surface area contributed by atoms with Crippen LogP contribution in [0.3, 0.4) is 0 Å². The van der Waals surface area contributed by atoms with E-state index >= 15 is 0 Å². The van der Waals surface area contributed by atoms with Gasteiger partial charge in [0.15, 0.2) is 0 Å². The molecule has 172 valence electrons. The Bertz CT molecular complexity index is 1590. The van der Waals surface area contributed by atoms with Gasteiger partial charge in [0.25, 0.3) is 0 Å². The summed E-state index contributed by atoms with van der Waals surface area (Å²) in [7, 11) is 0. The Morgan fingerprint density at radius 2 is 1.62 bits per heavy atom. The van der Waals surface area contributed by atoms with Gasteiger partial charge in [-0.1, -0.05) is 70.2 Å². The summed E-state index contributed by atoms with van der Waals surface area (Å²) in [4.78, 5) is 4.97. The van der Waals surface area contributed by atoms with Crippen LogP contribution in [0.2, 0.25) is 0 Å². The van der Waals surface area contributed by atoms with Crippen LogP contribution in [0.5, 0.6) is 5.75 Å². The highest BCUT2D eigenvalue weighted by atomic mass is 32.1. The van der Waals surface area contributed by atoms with E-state index in [4.69, 9.17) is 9.72 Å². The fourth-order valence-corrected chi connectivity index (χ4v) is 6.81. The standard InChI is InChI=1S/C31H31NOS/c1-18(2)16-20-11-9-13-22-23-14-15-32-26(29(23)34-28(20)22)24-17-19-10-7-8-12-21(19)25-27(24)33-31(5,6)30(25,3)4/h7-15,17-18H,16H2,1-6H3. The smallest absolute Gasteiger partial charge is 0.134 e. The Morgan fingerprint density at radius 3 is 2.41 bits per heavy atom. The van der Waals surface area contributed by atoms with Crippen LogP contribution in [-0.2, 0) is 11.8 Å². The van der Waals surface area contributed by atoms with Gasteiger partial charge in [-0.15, -0.1) is 11.3 Å². The molecule has 3 aromatic carbocycles. The van der Waals surface area contributed by atoms with Crippen molar-refractivity contribution in [2.45, 2.75) is 59.0 Å². The van der Waals surface area contributed by atoms with Crippen molar-refractivity contribution >= 4 is 42.3 Å². The Labute approximate surface area is 205 Å². The molecule has 5 aromatic rings. The summed E-state index contributed by atoms with van der Waals surface area (Å²) in [5, 5.41) is 5.14. The number of pyridine rings is 1. The van der Waals surface area contributed by atoms with Crippen molar-refractivity contribution in [3.05, 3.63) is 71.9 Å². The second kappa shape index (κ2) is 7.29. The lowest BCUT2D eigenvalue weighted by molar-refractivity contribution is 0.0719. The third kappa shape index (κ3) is 2.96.